The molecule has 0 heterocycles. The van der Waals surface area contributed by atoms with Gasteiger partial charge in [-0.25, -0.2) is 0 Å². The highest BCUT2D eigenvalue weighted by molar-refractivity contribution is 6.35. The Morgan fingerprint density at radius 1 is 1.05 bits per heavy atom. The van der Waals surface area contributed by atoms with Crippen molar-refractivity contribution in [3.8, 4) is 11.5 Å². The molecule has 0 saturated heterocycles. The zero-order valence-corrected chi connectivity index (χ0v) is 11.1. The van der Waals surface area contributed by atoms with E-state index in [4.69, 9.17) is 9.47 Å². The Bertz CT molecular complexity index is 417. The molecule has 1 rings (SSSR count). The van der Waals surface area contributed by atoms with Gasteiger partial charge in [0.25, 0.3) is 0 Å². The van der Waals surface area contributed by atoms with Gasteiger partial charge in [-0.05, 0) is 31.2 Å². The number of carbonyl (C=O) groups is 2. The summed E-state index contributed by atoms with van der Waals surface area (Å²) in [4.78, 5) is 22.3. The van der Waals surface area contributed by atoms with Crippen LogP contribution < -0.4 is 20.1 Å². The summed E-state index contributed by atoms with van der Waals surface area (Å²) in [5.41, 5.74) is 0. The van der Waals surface area contributed by atoms with Crippen molar-refractivity contribution in [3.05, 3.63) is 24.3 Å². The molecule has 1 aromatic rings. The molecule has 0 saturated carbocycles. The highest BCUT2D eigenvalue weighted by Crippen LogP contribution is 2.16. The van der Waals surface area contributed by atoms with E-state index < -0.39 is 11.8 Å². The maximum atomic E-state index is 11.2. The van der Waals surface area contributed by atoms with E-state index in [1.165, 1.54) is 0 Å². The average molecular weight is 266 g/mol. The first-order valence-corrected chi connectivity index (χ1v) is 6.00. The van der Waals surface area contributed by atoms with E-state index in [0.29, 0.717) is 12.3 Å². The number of carbonyl (C=O) groups excluding carboxylic acids is 2. The van der Waals surface area contributed by atoms with Crippen molar-refractivity contribution in [1.82, 2.24) is 10.6 Å². The quantitative estimate of drug-likeness (QED) is 0.574. The molecule has 0 aliphatic rings. The van der Waals surface area contributed by atoms with Gasteiger partial charge in [-0.15, -0.1) is 0 Å². The normalized spacial score (nSPS) is 9.58. The third kappa shape index (κ3) is 5.29. The number of likely N-dealkylation sites (N-methyl/N-ethyl adjacent to an activating group) is 1. The van der Waals surface area contributed by atoms with Crippen LogP contribution in [0.1, 0.15) is 6.92 Å². The van der Waals surface area contributed by atoms with Crippen LogP contribution in [0.2, 0.25) is 0 Å². The second-order valence-corrected chi connectivity index (χ2v) is 3.64. The fraction of sp³-hybridized carbons (Fsp3) is 0.385. The second-order valence-electron chi connectivity index (χ2n) is 3.64. The number of amides is 2. The minimum atomic E-state index is -0.653. The number of nitrogens with one attached hydrogen (secondary N) is 2. The Morgan fingerprint density at radius 2 is 1.63 bits per heavy atom. The van der Waals surface area contributed by atoms with E-state index in [1.807, 2.05) is 0 Å². The van der Waals surface area contributed by atoms with Gasteiger partial charge in [0.05, 0.1) is 13.7 Å². The number of hydrogen-bond donors (Lipinski definition) is 2. The third-order valence-corrected chi connectivity index (χ3v) is 2.26. The van der Waals surface area contributed by atoms with Crippen molar-refractivity contribution in [2.24, 2.45) is 0 Å². The molecule has 0 aromatic heterocycles. The number of rotatable bonds is 6. The van der Waals surface area contributed by atoms with Crippen LogP contribution in [0.4, 0.5) is 0 Å². The molecule has 0 bridgehead atoms. The maximum Gasteiger partial charge on any atom is 0.309 e. The smallest absolute Gasteiger partial charge is 0.309 e. The van der Waals surface area contributed by atoms with E-state index >= 15 is 0 Å². The van der Waals surface area contributed by atoms with Crippen molar-refractivity contribution in [2.75, 3.05) is 26.8 Å². The molecule has 0 radical (unpaired) electrons. The average Bonchev–Trinajstić information content (AvgIpc) is 2.44. The molecule has 0 unspecified atom stereocenters. The van der Waals surface area contributed by atoms with Crippen LogP contribution >= 0.6 is 0 Å². The van der Waals surface area contributed by atoms with Gasteiger partial charge < -0.3 is 20.1 Å². The van der Waals surface area contributed by atoms with E-state index in [2.05, 4.69) is 10.6 Å². The van der Waals surface area contributed by atoms with Crippen molar-refractivity contribution in [3.63, 3.8) is 0 Å². The first-order valence-electron chi connectivity index (χ1n) is 6.00. The zero-order valence-electron chi connectivity index (χ0n) is 11.1. The Labute approximate surface area is 112 Å². The molecule has 0 aliphatic carbocycles. The summed E-state index contributed by atoms with van der Waals surface area (Å²) in [5, 5.41) is 4.87. The number of hydrogen-bond acceptors (Lipinski definition) is 4. The van der Waals surface area contributed by atoms with Gasteiger partial charge >= 0.3 is 11.8 Å². The summed E-state index contributed by atoms with van der Waals surface area (Å²) in [6, 6.07) is 7.10. The minimum Gasteiger partial charge on any atom is -0.497 e. The monoisotopic (exact) mass is 266 g/mol. The van der Waals surface area contributed by atoms with Crippen LogP contribution in [-0.4, -0.2) is 38.6 Å². The topological polar surface area (TPSA) is 76.7 Å². The van der Waals surface area contributed by atoms with Gasteiger partial charge in [0.15, 0.2) is 0 Å². The lowest BCUT2D eigenvalue weighted by atomic mass is 10.3. The molecule has 1 aromatic carbocycles. The van der Waals surface area contributed by atoms with Crippen LogP contribution in [0, 0.1) is 0 Å². The zero-order chi connectivity index (χ0) is 14.1. The fourth-order valence-corrected chi connectivity index (χ4v) is 1.33. The fourth-order valence-electron chi connectivity index (χ4n) is 1.33. The highest BCUT2D eigenvalue weighted by Gasteiger charge is 2.10. The highest BCUT2D eigenvalue weighted by atomic mass is 16.5. The molecule has 2 N–H and O–H groups in total. The first kappa shape index (κ1) is 14.8. The predicted octanol–water partition coefficient (Wildman–Crippen LogP) is 0.326. The van der Waals surface area contributed by atoms with E-state index in [-0.39, 0.29) is 13.2 Å². The Kier molecular flexibility index (Phi) is 6.21. The van der Waals surface area contributed by atoms with Crippen LogP contribution in [0.25, 0.3) is 0 Å². The summed E-state index contributed by atoms with van der Waals surface area (Å²) in [5.74, 6) is 0.136. The minimum absolute atomic E-state index is 0.266. The Morgan fingerprint density at radius 3 is 2.21 bits per heavy atom. The summed E-state index contributed by atoms with van der Waals surface area (Å²) < 4.78 is 10.4. The van der Waals surface area contributed by atoms with Gasteiger partial charge in [0.1, 0.15) is 18.1 Å². The van der Waals surface area contributed by atoms with Gasteiger partial charge in [0, 0.05) is 6.54 Å². The lowest BCUT2D eigenvalue weighted by Gasteiger charge is -2.08. The van der Waals surface area contributed by atoms with Crippen molar-refractivity contribution in [1.29, 1.82) is 0 Å². The van der Waals surface area contributed by atoms with Crippen LogP contribution in [0.5, 0.6) is 11.5 Å². The molecule has 0 atom stereocenters. The lowest BCUT2D eigenvalue weighted by Crippen LogP contribution is -2.41. The van der Waals surface area contributed by atoms with Crippen LogP contribution in [-0.2, 0) is 9.59 Å². The summed E-state index contributed by atoms with van der Waals surface area (Å²) in [6.07, 6.45) is 0. The molecule has 0 fully saturated rings. The number of methoxy groups -OCH3 is 1. The molecule has 19 heavy (non-hydrogen) atoms. The maximum absolute atomic E-state index is 11.2. The van der Waals surface area contributed by atoms with E-state index in [9.17, 15) is 9.59 Å². The largest absolute Gasteiger partial charge is 0.497 e. The van der Waals surface area contributed by atoms with Gasteiger partial charge in [0.2, 0.25) is 0 Å². The molecular formula is C13H18N2O4. The molecule has 0 spiro atoms. The van der Waals surface area contributed by atoms with Gasteiger partial charge in [-0.3, -0.25) is 9.59 Å². The Hall–Kier alpha value is -2.24. The molecule has 2 amide bonds. The van der Waals surface area contributed by atoms with Crippen molar-refractivity contribution in [2.45, 2.75) is 6.92 Å². The third-order valence-electron chi connectivity index (χ3n) is 2.26. The molecule has 104 valence electrons. The lowest BCUT2D eigenvalue weighted by molar-refractivity contribution is -0.139. The van der Waals surface area contributed by atoms with E-state index in [0.717, 1.165) is 5.75 Å². The number of benzene rings is 1. The summed E-state index contributed by atoms with van der Waals surface area (Å²) in [7, 11) is 1.59. The predicted molar refractivity (Wildman–Crippen MR) is 70.2 cm³/mol. The molecule has 6 heteroatoms. The molecule has 6 nitrogen and oxygen atoms in total. The molecular weight excluding hydrogens is 248 g/mol. The first-order chi connectivity index (χ1) is 9.17. The summed E-state index contributed by atoms with van der Waals surface area (Å²) >= 11 is 0. The van der Waals surface area contributed by atoms with E-state index in [1.54, 1.807) is 38.3 Å². The van der Waals surface area contributed by atoms with Crippen molar-refractivity contribution >= 4 is 11.8 Å². The van der Waals surface area contributed by atoms with Crippen molar-refractivity contribution < 1.29 is 19.1 Å². The Balaban J connectivity index is 2.23. The SMILES string of the molecule is CCNC(=O)C(=O)NCCOc1ccc(OC)cc1. The number of ether oxygens (including phenoxy) is 2. The van der Waals surface area contributed by atoms with Gasteiger partial charge in [-0.2, -0.15) is 0 Å². The van der Waals surface area contributed by atoms with Crippen LogP contribution in [0.15, 0.2) is 24.3 Å². The molecule has 0 aliphatic heterocycles. The summed E-state index contributed by atoms with van der Waals surface area (Å²) in [6.45, 7) is 2.73. The van der Waals surface area contributed by atoms with Gasteiger partial charge in [-0.1, -0.05) is 0 Å². The second kappa shape index (κ2) is 7.97. The standard InChI is InChI=1S/C13H18N2O4/c1-3-14-12(16)13(17)15-8-9-19-11-6-4-10(18-2)5-7-11/h4-7H,3,8-9H2,1-2H3,(H,14,16)(H,15,17). The van der Waals surface area contributed by atoms with Crippen LogP contribution in [0.3, 0.4) is 0 Å².